The number of ether oxygens (including phenoxy) is 2. The molecular formula is C30H34N4O5S. The quantitative estimate of drug-likeness (QED) is 0.278. The average molecular weight is 563 g/mol. The molecule has 1 unspecified atom stereocenters. The molecule has 2 aromatic carbocycles. The van der Waals surface area contributed by atoms with E-state index in [4.69, 9.17) is 19.4 Å². The first kappa shape index (κ1) is 26.7. The topological polar surface area (TPSA) is 119 Å². The van der Waals surface area contributed by atoms with Crippen LogP contribution in [0.2, 0.25) is 0 Å². The van der Waals surface area contributed by atoms with Gasteiger partial charge >= 0.3 is 0 Å². The van der Waals surface area contributed by atoms with Gasteiger partial charge in [-0.05, 0) is 80.7 Å². The average Bonchev–Trinajstić information content (AvgIpc) is 3.33. The van der Waals surface area contributed by atoms with Crippen LogP contribution in [0.4, 0.5) is 5.82 Å². The molecule has 1 atom stereocenters. The maximum Gasteiger partial charge on any atom is 0.296 e. The zero-order valence-electron chi connectivity index (χ0n) is 22.5. The van der Waals surface area contributed by atoms with Gasteiger partial charge in [-0.2, -0.15) is 8.42 Å². The highest BCUT2D eigenvalue weighted by Crippen LogP contribution is 2.45. The first-order valence-corrected chi connectivity index (χ1v) is 15.2. The first-order valence-electron chi connectivity index (χ1n) is 13.8. The van der Waals surface area contributed by atoms with Crippen LogP contribution in [0.15, 0.2) is 66.0 Å². The molecule has 2 aliphatic rings. The van der Waals surface area contributed by atoms with Crippen LogP contribution in [-0.2, 0) is 19.0 Å². The number of hydrogen-bond acceptors (Lipinski definition) is 8. The van der Waals surface area contributed by atoms with Crippen LogP contribution >= 0.6 is 0 Å². The molecule has 4 aromatic rings. The fraction of sp³-hybridized carbons (Fsp3) is 0.400. The summed E-state index contributed by atoms with van der Waals surface area (Å²) in [6.45, 7) is 3.39. The molecule has 1 saturated carbocycles. The SMILES string of the molecule is Cc1ccc(S(=O)(=O)OCC2CC(c3cn(-c4cccc(OCC5CCCCO5)c4)c4c(N)ncnc34)C2)cc1. The zero-order valence-corrected chi connectivity index (χ0v) is 23.3. The van der Waals surface area contributed by atoms with E-state index in [1.165, 1.54) is 12.7 Å². The third-order valence-corrected chi connectivity index (χ3v) is 9.18. The van der Waals surface area contributed by atoms with Gasteiger partial charge in [-0.3, -0.25) is 4.18 Å². The predicted molar refractivity (Wildman–Crippen MR) is 152 cm³/mol. The molecule has 9 nitrogen and oxygen atoms in total. The van der Waals surface area contributed by atoms with Crippen molar-refractivity contribution in [3.8, 4) is 11.4 Å². The third-order valence-electron chi connectivity index (χ3n) is 7.88. The number of rotatable bonds is 9. The van der Waals surface area contributed by atoms with Crippen molar-refractivity contribution in [2.24, 2.45) is 5.92 Å². The van der Waals surface area contributed by atoms with Crippen LogP contribution in [-0.4, -0.2) is 48.9 Å². The molecule has 3 heterocycles. The van der Waals surface area contributed by atoms with Gasteiger partial charge in [-0.1, -0.05) is 23.8 Å². The molecule has 1 aliphatic heterocycles. The van der Waals surface area contributed by atoms with E-state index in [9.17, 15) is 8.42 Å². The van der Waals surface area contributed by atoms with Crippen molar-refractivity contribution in [1.82, 2.24) is 14.5 Å². The Morgan fingerprint density at radius 2 is 1.90 bits per heavy atom. The summed E-state index contributed by atoms with van der Waals surface area (Å²) in [7, 11) is -3.78. The van der Waals surface area contributed by atoms with Gasteiger partial charge in [-0.15, -0.1) is 0 Å². The van der Waals surface area contributed by atoms with E-state index in [0.29, 0.717) is 12.4 Å². The van der Waals surface area contributed by atoms with Crippen molar-refractivity contribution in [1.29, 1.82) is 0 Å². The lowest BCUT2D eigenvalue weighted by atomic mass is 9.72. The normalized spacial score (nSPS) is 21.3. The Hall–Kier alpha value is -3.47. The summed E-state index contributed by atoms with van der Waals surface area (Å²) < 4.78 is 44.5. The van der Waals surface area contributed by atoms with Crippen LogP contribution in [0.3, 0.4) is 0 Å². The van der Waals surface area contributed by atoms with Gasteiger partial charge in [0.1, 0.15) is 24.2 Å². The molecule has 2 N–H and O–H groups in total. The minimum absolute atomic E-state index is 0.128. The minimum atomic E-state index is -3.78. The number of aromatic nitrogens is 3. The summed E-state index contributed by atoms with van der Waals surface area (Å²) >= 11 is 0. The van der Waals surface area contributed by atoms with Gasteiger partial charge in [0.05, 0.1) is 23.1 Å². The Morgan fingerprint density at radius 3 is 2.67 bits per heavy atom. The van der Waals surface area contributed by atoms with Crippen molar-refractivity contribution < 1.29 is 22.1 Å². The fourth-order valence-electron chi connectivity index (χ4n) is 5.54. The number of aryl methyl sites for hydroxylation is 1. The number of nitrogen functional groups attached to an aromatic ring is 1. The highest BCUT2D eigenvalue weighted by atomic mass is 32.2. The summed E-state index contributed by atoms with van der Waals surface area (Å²) in [5.41, 5.74) is 10.9. The lowest BCUT2D eigenvalue weighted by molar-refractivity contribution is -0.0110. The second-order valence-corrected chi connectivity index (χ2v) is 12.4. The molecule has 210 valence electrons. The van der Waals surface area contributed by atoms with Crippen molar-refractivity contribution in [2.45, 2.75) is 55.9 Å². The standard InChI is InChI=1S/C30H34N4O5S/c1-20-8-10-26(11-9-20)40(35,36)39-17-21-13-22(14-21)27-16-34(29-28(27)32-19-33-30(29)31)23-5-4-7-24(15-23)38-18-25-6-2-3-12-37-25/h4-5,7-11,15-16,19,21-22,25H,2-3,6,12-14,17-18H2,1H3,(H2,31,32,33). The second-order valence-electron chi connectivity index (χ2n) is 10.8. The summed E-state index contributed by atoms with van der Waals surface area (Å²) in [5.74, 6) is 1.53. The number of anilines is 1. The highest BCUT2D eigenvalue weighted by molar-refractivity contribution is 7.86. The van der Waals surface area contributed by atoms with Gasteiger partial charge in [0.15, 0.2) is 5.82 Å². The number of fused-ring (bicyclic) bond motifs is 1. The summed E-state index contributed by atoms with van der Waals surface area (Å²) in [4.78, 5) is 9.01. The molecular weight excluding hydrogens is 528 g/mol. The van der Waals surface area contributed by atoms with Crippen LogP contribution in [0.5, 0.6) is 5.75 Å². The summed E-state index contributed by atoms with van der Waals surface area (Å²) in [6, 6.07) is 14.6. The maximum absolute atomic E-state index is 12.6. The van der Waals surface area contributed by atoms with E-state index in [1.54, 1.807) is 24.3 Å². The monoisotopic (exact) mass is 562 g/mol. The molecule has 10 heteroatoms. The van der Waals surface area contributed by atoms with E-state index < -0.39 is 10.1 Å². The van der Waals surface area contributed by atoms with Crippen LogP contribution in [0, 0.1) is 12.8 Å². The Labute approximate surface area is 234 Å². The van der Waals surface area contributed by atoms with Crippen molar-refractivity contribution in [3.05, 3.63) is 72.2 Å². The lowest BCUT2D eigenvalue weighted by Crippen LogP contribution is -2.27. The van der Waals surface area contributed by atoms with E-state index in [-0.39, 0.29) is 29.4 Å². The van der Waals surface area contributed by atoms with Gasteiger partial charge in [0.25, 0.3) is 10.1 Å². The van der Waals surface area contributed by atoms with Crippen molar-refractivity contribution >= 4 is 27.0 Å². The Kier molecular flexibility index (Phi) is 7.48. The summed E-state index contributed by atoms with van der Waals surface area (Å²) in [6.07, 6.45) is 8.59. The molecule has 0 spiro atoms. The second kappa shape index (κ2) is 11.2. The fourth-order valence-corrected chi connectivity index (χ4v) is 6.52. The molecule has 0 radical (unpaired) electrons. The van der Waals surface area contributed by atoms with E-state index in [0.717, 1.165) is 65.9 Å². The first-order chi connectivity index (χ1) is 19.4. The van der Waals surface area contributed by atoms with Crippen molar-refractivity contribution in [3.63, 3.8) is 0 Å². The Bertz CT molecular complexity index is 1590. The van der Waals surface area contributed by atoms with Crippen molar-refractivity contribution in [2.75, 3.05) is 25.6 Å². The number of nitrogens with zero attached hydrogens (tertiary/aromatic N) is 3. The van der Waals surface area contributed by atoms with Gasteiger partial charge in [-0.25, -0.2) is 9.97 Å². The van der Waals surface area contributed by atoms with Gasteiger partial charge in [0, 0.05) is 24.6 Å². The molecule has 1 aliphatic carbocycles. The Balaban J connectivity index is 1.16. The molecule has 2 aromatic heterocycles. The zero-order chi connectivity index (χ0) is 27.7. The molecule has 0 amide bonds. The maximum atomic E-state index is 12.6. The van der Waals surface area contributed by atoms with Crippen LogP contribution in [0.25, 0.3) is 16.7 Å². The van der Waals surface area contributed by atoms with Crippen LogP contribution in [0.1, 0.15) is 49.1 Å². The lowest BCUT2D eigenvalue weighted by Gasteiger charge is -2.34. The molecule has 1 saturated heterocycles. The van der Waals surface area contributed by atoms with Gasteiger partial charge < -0.3 is 19.8 Å². The molecule has 2 fully saturated rings. The predicted octanol–water partition coefficient (Wildman–Crippen LogP) is 5.16. The van der Waals surface area contributed by atoms with E-state index >= 15 is 0 Å². The Morgan fingerprint density at radius 1 is 1.07 bits per heavy atom. The number of benzene rings is 2. The summed E-state index contributed by atoms with van der Waals surface area (Å²) in [5, 5.41) is 0. The van der Waals surface area contributed by atoms with Gasteiger partial charge in [0.2, 0.25) is 0 Å². The smallest absolute Gasteiger partial charge is 0.296 e. The molecule has 40 heavy (non-hydrogen) atoms. The largest absolute Gasteiger partial charge is 0.491 e. The molecule has 6 rings (SSSR count). The number of hydrogen-bond donors (Lipinski definition) is 1. The number of nitrogens with two attached hydrogens (primary N) is 1. The third kappa shape index (κ3) is 5.56. The van der Waals surface area contributed by atoms with Crippen LogP contribution < -0.4 is 10.5 Å². The molecule has 0 bridgehead atoms. The minimum Gasteiger partial charge on any atom is -0.491 e. The van der Waals surface area contributed by atoms with E-state index in [2.05, 4.69) is 16.2 Å². The van der Waals surface area contributed by atoms with E-state index in [1.807, 2.05) is 35.8 Å². The highest BCUT2D eigenvalue weighted by Gasteiger charge is 2.35.